The second kappa shape index (κ2) is 7.90. The van der Waals surface area contributed by atoms with Crippen molar-refractivity contribution in [3.63, 3.8) is 0 Å². The zero-order valence-corrected chi connectivity index (χ0v) is 13.9. The first-order valence-electron chi connectivity index (χ1n) is 7.84. The maximum Gasteiger partial charge on any atom is 0.387 e. The summed E-state index contributed by atoms with van der Waals surface area (Å²) in [7, 11) is 1.35. The van der Waals surface area contributed by atoms with Crippen LogP contribution in [-0.2, 0) is 11.3 Å². The van der Waals surface area contributed by atoms with Crippen LogP contribution in [0.15, 0.2) is 42.5 Å². The molecular weight excluding hydrogens is 348 g/mol. The Labute approximate surface area is 148 Å². The highest BCUT2D eigenvalue weighted by molar-refractivity contribution is 5.81. The van der Waals surface area contributed by atoms with Gasteiger partial charge in [0.25, 0.3) is 5.91 Å². The Morgan fingerprint density at radius 2 is 2.00 bits per heavy atom. The highest BCUT2D eigenvalue weighted by Gasteiger charge is 2.27. The first-order valence-corrected chi connectivity index (χ1v) is 7.84. The first kappa shape index (κ1) is 17.8. The number of alkyl halides is 2. The molecular formula is C18H17F2NO5. The molecule has 0 aliphatic carbocycles. The number of ether oxygens (including phenoxy) is 4. The van der Waals surface area contributed by atoms with Crippen molar-refractivity contribution in [1.29, 1.82) is 0 Å². The van der Waals surface area contributed by atoms with Crippen LogP contribution in [0.1, 0.15) is 5.56 Å². The molecule has 0 aromatic heterocycles. The predicted molar refractivity (Wildman–Crippen MR) is 87.8 cm³/mol. The zero-order chi connectivity index (χ0) is 18.5. The van der Waals surface area contributed by atoms with Gasteiger partial charge in [-0.05, 0) is 29.8 Å². The summed E-state index contributed by atoms with van der Waals surface area (Å²) in [4.78, 5) is 12.3. The summed E-state index contributed by atoms with van der Waals surface area (Å²) in [5.41, 5.74) is 0.576. The van der Waals surface area contributed by atoms with Gasteiger partial charge < -0.3 is 24.3 Å². The van der Waals surface area contributed by atoms with E-state index in [1.165, 1.54) is 19.2 Å². The number of para-hydroxylation sites is 2. The molecule has 0 spiro atoms. The normalized spacial score (nSPS) is 15.5. The Balaban J connectivity index is 1.61. The van der Waals surface area contributed by atoms with E-state index in [1.807, 2.05) is 6.07 Å². The van der Waals surface area contributed by atoms with E-state index in [-0.39, 0.29) is 30.6 Å². The molecule has 0 fully saturated rings. The zero-order valence-electron chi connectivity index (χ0n) is 13.9. The van der Waals surface area contributed by atoms with Crippen LogP contribution in [0.4, 0.5) is 8.78 Å². The van der Waals surface area contributed by atoms with Crippen LogP contribution in [0.2, 0.25) is 0 Å². The van der Waals surface area contributed by atoms with Gasteiger partial charge in [0.1, 0.15) is 6.61 Å². The number of methoxy groups -OCH3 is 1. The van der Waals surface area contributed by atoms with Crippen molar-refractivity contribution < 1.29 is 32.5 Å². The van der Waals surface area contributed by atoms with E-state index in [2.05, 4.69) is 10.1 Å². The molecule has 6 nitrogen and oxygen atoms in total. The largest absolute Gasteiger partial charge is 0.493 e. The lowest BCUT2D eigenvalue weighted by molar-refractivity contribution is -0.130. The topological polar surface area (TPSA) is 66.0 Å². The molecule has 1 aliphatic heterocycles. The molecule has 1 atom stereocenters. The molecule has 138 valence electrons. The van der Waals surface area contributed by atoms with E-state index in [9.17, 15) is 13.6 Å². The van der Waals surface area contributed by atoms with Crippen molar-refractivity contribution in [3.05, 3.63) is 48.0 Å². The van der Waals surface area contributed by atoms with Gasteiger partial charge in [-0.3, -0.25) is 4.79 Å². The third kappa shape index (κ3) is 4.14. The first-order chi connectivity index (χ1) is 12.6. The van der Waals surface area contributed by atoms with Crippen LogP contribution in [0.3, 0.4) is 0 Å². The molecule has 26 heavy (non-hydrogen) atoms. The summed E-state index contributed by atoms with van der Waals surface area (Å²) < 4.78 is 45.4. The average Bonchev–Trinajstić information content (AvgIpc) is 2.65. The number of rotatable bonds is 6. The van der Waals surface area contributed by atoms with Gasteiger partial charge in [-0.15, -0.1) is 0 Å². The lowest BCUT2D eigenvalue weighted by Crippen LogP contribution is -2.43. The fourth-order valence-electron chi connectivity index (χ4n) is 2.47. The highest BCUT2D eigenvalue weighted by atomic mass is 19.3. The van der Waals surface area contributed by atoms with Gasteiger partial charge in [0.2, 0.25) is 6.10 Å². The molecule has 1 aliphatic rings. The number of nitrogens with one attached hydrogen (secondary N) is 1. The number of amides is 1. The van der Waals surface area contributed by atoms with Gasteiger partial charge in [0.15, 0.2) is 23.0 Å². The summed E-state index contributed by atoms with van der Waals surface area (Å²) in [6.07, 6.45) is -0.792. The van der Waals surface area contributed by atoms with Crippen molar-refractivity contribution in [2.75, 3.05) is 13.7 Å². The van der Waals surface area contributed by atoms with Crippen molar-refractivity contribution in [2.24, 2.45) is 0 Å². The smallest absolute Gasteiger partial charge is 0.387 e. The van der Waals surface area contributed by atoms with Gasteiger partial charge in [0, 0.05) is 6.54 Å². The fraction of sp³-hybridized carbons (Fsp3) is 0.278. The summed E-state index contributed by atoms with van der Waals surface area (Å²) in [6.45, 7) is -2.77. The predicted octanol–water partition coefficient (Wildman–Crippen LogP) is 2.75. The van der Waals surface area contributed by atoms with E-state index in [0.29, 0.717) is 17.1 Å². The maximum atomic E-state index is 12.5. The molecule has 1 N–H and O–H groups in total. The van der Waals surface area contributed by atoms with Crippen LogP contribution in [0.5, 0.6) is 23.0 Å². The van der Waals surface area contributed by atoms with Crippen LogP contribution < -0.4 is 24.3 Å². The molecule has 1 heterocycles. The Bertz CT molecular complexity index is 784. The number of fused-ring (bicyclic) bond motifs is 1. The quantitative estimate of drug-likeness (QED) is 0.853. The molecule has 0 bridgehead atoms. The van der Waals surface area contributed by atoms with Crippen molar-refractivity contribution >= 4 is 5.91 Å². The van der Waals surface area contributed by atoms with Crippen molar-refractivity contribution in [3.8, 4) is 23.0 Å². The lowest BCUT2D eigenvalue weighted by atomic mass is 10.2. The average molecular weight is 365 g/mol. The lowest BCUT2D eigenvalue weighted by Gasteiger charge is -2.25. The molecule has 8 heteroatoms. The van der Waals surface area contributed by atoms with Crippen LogP contribution in [0, 0.1) is 0 Å². The number of hydrogen-bond acceptors (Lipinski definition) is 5. The van der Waals surface area contributed by atoms with Gasteiger partial charge in [-0.1, -0.05) is 18.2 Å². The molecule has 2 aromatic rings. The number of hydrogen-bond donors (Lipinski definition) is 1. The summed E-state index contributed by atoms with van der Waals surface area (Å²) in [6, 6.07) is 11.6. The van der Waals surface area contributed by atoms with Crippen molar-refractivity contribution in [2.45, 2.75) is 19.3 Å². The molecule has 0 saturated heterocycles. The van der Waals surface area contributed by atoms with Crippen LogP contribution in [0.25, 0.3) is 0 Å². The van der Waals surface area contributed by atoms with E-state index in [4.69, 9.17) is 14.2 Å². The SMILES string of the molecule is COc1ccc(CNC(=O)C2COc3ccccc3O2)cc1OC(F)F. The molecule has 2 aromatic carbocycles. The van der Waals surface area contributed by atoms with Gasteiger partial charge in [-0.2, -0.15) is 8.78 Å². The monoisotopic (exact) mass is 365 g/mol. The summed E-state index contributed by atoms with van der Waals surface area (Å²) in [5, 5.41) is 2.69. The second-order valence-electron chi connectivity index (χ2n) is 5.45. The minimum absolute atomic E-state index is 0.0885. The van der Waals surface area contributed by atoms with E-state index in [1.54, 1.807) is 24.3 Å². The molecule has 3 rings (SSSR count). The van der Waals surface area contributed by atoms with Gasteiger partial charge >= 0.3 is 6.61 Å². The third-order valence-corrected chi connectivity index (χ3v) is 3.71. The van der Waals surface area contributed by atoms with E-state index >= 15 is 0 Å². The third-order valence-electron chi connectivity index (χ3n) is 3.71. The van der Waals surface area contributed by atoms with Gasteiger partial charge in [0.05, 0.1) is 7.11 Å². The Morgan fingerprint density at radius 3 is 2.73 bits per heavy atom. The number of halogens is 2. The number of benzene rings is 2. The Hall–Kier alpha value is -3.03. The molecule has 0 radical (unpaired) electrons. The summed E-state index contributed by atoms with van der Waals surface area (Å²) in [5.74, 6) is 0.796. The maximum absolute atomic E-state index is 12.5. The number of carbonyl (C=O) groups is 1. The molecule has 1 amide bonds. The number of carbonyl (C=O) groups excluding carboxylic acids is 1. The minimum atomic E-state index is -2.97. The van der Waals surface area contributed by atoms with E-state index in [0.717, 1.165) is 0 Å². The Morgan fingerprint density at radius 1 is 1.23 bits per heavy atom. The molecule has 0 saturated carbocycles. The summed E-state index contributed by atoms with van der Waals surface area (Å²) >= 11 is 0. The van der Waals surface area contributed by atoms with Crippen LogP contribution >= 0.6 is 0 Å². The molecule has 1 unspecified atom stereocenters. The van der Waals surface area contributed by atoms with Gasteiger partial charge in [-0.25, -0.2) is 0 Å². The standard InChI is InChI=1S/C18H17F2NO5/c1-23-12-7-6-11(8-15(12)26-18(19)20)9-21-17(22)16-10-24-13-4-2-3-5-14(13)25-16/h2-8,16,18H,9-10H2,1H3,(H,21,22). The van der Waals surface area contributed by atoms with Crippen LogP contribution in [-0.4, -0.2) is 32.3 Å². The fourth-order valence-corrected chi connectivity index (χ4v) is 2.47. The second-order valence-corrected chi connectivity index (χ2v) is 5.45. The Kier molecular flexibility index (Phi) is 5.40. The van der Waals surface area contributed by atoms with E-state index < -0.39 is 12.7 Å². The minimum Gasteiger partial charge on any atom is -0.493 e. The van der Waals surface area contributed by atoms with Crippen molar-refractivity contribution in [1.82, 2.24) is 5.32 Å². The highest BCUT2D eigenvalue weighted by Crippen LogP contribution is 2.31.